The highest BCUT2D eigenvalue weighted by atomic mass is 16.1. The van der Waals surface area contributed by atoms with Crippen LogP contribution in [0, 0.1) is 5.92 Å². The van der Waals surface area contributed by atoms with Crippen molar-refractivity contribution < 1.29 is 4.79 Å². The summed E-state index contributed by atoms with van der Waals surface area (Å²) in [6, 6.07) is 15.6. The molecule has 5 nitrogen and oxygen atoms in total. The molecule has 0 fully saturated rings. The van der Waals surface area contributed by atoms with Crippen LogP contribution in [-0.4, -0.2) is 21.5 Å². The van der Waals surface area contributed by atoms with E-state index in [0.717, 1.165) is 28.1 Å². The molecule has 2 unspecified atom stereocenters. The highest BCUT2D eigenvalue weighted by Gasteiger charge is 2.17. The number of aryl methyl sites for hydroxylation is 1. The number of para-hydroxylation sites is 2. The van der Waals surface area contributed by atoms with Crippen LogP contribution in [0.1, 0.15) is 13.8 Å². The fraction of sp³-hybridized carbons (Fsp3) is 0.263. The predicted molar refractivity (Wildman–Crippen MR) is 97.6 cm³/mol. The minimum atomic E-state index is -0.232. The Morgan fingerprint density at radius 3 is 2.42 bits per heavy atom. The van der Waals surface area contributed by atoms with Gasteiger partial charge in [-0.1, -0.05) is 19.1 Å². The molecule has 1 heterocycles. The topological polar surface area (TPSA) is 72.9 Å². The van der Waals surface area contributed by atoms with Gasteiger partial charge in [0.25, 0.3) is 0 Å². The Balaban J connectivity index is 1.84. The fourth-order valence-corrected chi connectivity index (χ4v) is 2.60. The van der Waals surface area contributed by atoms with Gasteiger partial charge in [-0.05, 0) is 43.3 Å². The van der Waals surface area contributed by atoms with E-state index in [9.17, 15) is 4.79 Å². The molecule has 0 radical (unpaired) electrons. The largest absolute Gasteiger partial charge is 0.327 e. The van der Waals surface area contributed by atoms with Gasteiger partial charge in [-0.3, -0.25) is 4.79 Å². The van der Waals surface area contributed by atoms with Gasteiger partial charge in [0, 0.05) is 24.3 Å². The minimum absolute atomic E-state index is 0.0690. The average Bonchev–Trinajstić information content (AvgIpc) is 2.92. The van der Waals surface area contributed by atoms with Crippen LogP contribution >= 0.6 is 0 Å². The molecule has 2 atom stereocenters. The molecular weight excluding hydrogens is 300 g/mol. The Morgan fingerprint density at radius 2 is 1.79 bits per heavy atom. The lowest BCUT2D eigenvalue weighted by Gasteiger charge is -2.15. The van der Waals surface area contributed by atoms with Crippen molar-refractivity contribution in [2.24, 2.45) is 18.7 Å². The van der Waals surface area contributed by atoms with Gasteiger partial charge in [-0.2, -0.15) is 0 Å². The molecule has 0 aliphatic carbocycles. The Labute approximate surface area is 141 Å². The molecule has 24 heavy (non-hydrogen) atoms. The summed E-state index contributed by atoms with van der Waals surface area (Å²) in [5.74, 6) is 0.600. The number of nitrogens with one attached hydrogen (secondary N) is 1. The summed E-state index contributed by atoms with van der Waals surface area (Å²) < 4.78 is 2.07. The third-order valence-electron chi connectivity index (χ3n) is 4.40. The van der Waals surface area contributed by atoms with Crippen LogP contribution in [0.5, 0.6) is 0 Å². The number of rotatable bonds is 4. The Hall–Kier alpha value is -2.66. The quantitative estimate of drug-likeness (QED) is 0.775. The molecule has 1 amide bonds. The van der Waals surface area contributed by atoms with Crippen LogP contribution in [0.3, 0.4) is 0 Å². The van der Waals surface area contributed by atoms with Gasteiger partial charge in [0.2, 0.25) is 5.91 Å². The fourth-order valence-electron chi connectivity index (χ4n) is 2.60. The van der Waals surface area contributed by atoms with Gasteiger partial charge in [0.1, 0.15) is 5.82 Å². The van der Waals surface area contributed by atoms with Crippen molar-refractivity contribution in [3.63, 3.8) is 0 Å². The maximum absolute atomic E-state index is 12.1. The minimum Gasteiger partial charge on any atom is -0.327 e. The molecule has 0 aliphatic heterocycles. The number of amides is 1. The third-order valence-corrected chi connectivity index (χ3v) is 4.40. The molecule has 3 aromatic rings. The lowest BCUT2D eigenvalue weighted by molar-refractivity contribution is -0.119. The summed E-state index contributed by atoms with van der Waals surface area (Å²) in [5.41, 5.74) is 9.60. The van der Waals surface area contributed by atoms with Gasteiger partial charge >= 0.3 is 0 Å². The number of imidazole rings is 1. The van der Waals surface area contributed by atoms with Gasteiger partial charge in [0.15, 0.2) is 0 Å². The smallest absolute Gasteiger partial charge is 0.228 e. The number of nitrogens with two attached hydrogens (primary N) is 1. The number of anilines is 1. The zero-order chi connectivity index (χ0) is 17.3. The SMILES string of the molecule is CC(N)C(C)C(=O)Nc1ccc(-c2nc3ccccc3n2C)cc1. The second-order valence-electron chi connectivity index (χ2n) is 6.20. The van der Waals surface area contributed by atoms with Gasteiger partial charge < -0.3 is 15.6 Å². The van der Waals surface area contributed by atoms with E-state index in [4.69, 9.17) is 5.73 Å². The molecule has 0 aliphatic rings. The van der Waals surface area contributed by atoms with Crippen LogP contribution < -0.4 is 11.1 Å². The van der Waals surface area contributed by atoms with Crippen LogP contribution in [0.2, 0.25) is 0 Å². The summed E-state index contributed by atoms with van der Waals surface area (Å²) in [6.07, 6.45) is 0. The first kappa shape index (κ1) is 16.2. The highest BCUT2D eigenvalue weighted by Crippen LogP contribution is 2.24. The van der Waals surface area contributed by atoms with E-state index >= 15 is 0 Å². The number of benzene rings is 2. The van der Waals surface area contributed by atoms with Crippen molar-refractivity contribution in [2.45, 2.75) is 19.9 Å². The maximum atomic E-state index is 12.1. The molecule has 3 N–H and O–H groups in total. The molecule has 2 aromatic carbocycles. The number of fused-ring (bicyclic) bond motifs is 1. The molecule has 5 heteroatoms. The van der Waals surface area contributed by atoms with Crippen LogP contribution in [0.25, 0.3) is 22.4 Å². The number of hydrogen-bond acceptors (Lipinski definition) is 3. The normalized spacial score (nSPS) is 13.7. The highest BCUT2D eigenvalue weighted by molar-refractivity contribution is 5.93. The lowest BCUT2D eigenvalue weighted by Crippen LogP contribution is -2.34. The summed E-state index contributed by atoms with van der Waals surface area (Å²) in [4.78, 5) is 16.8. The van der Waals surface area contributed by atoms with Crippen molar-refractivity contribution in [2.75, 3.05) is 5.32 Å². The van der Waals surface area contributed by atoms with E-state index in [1.165, 1.54) is 0 Å². The predicted octanol–water partition coefficient (Wildman–Crippen LogP) is 3.16. The first-order valence-electron chi connectivity index (χ1n) is 8.05. The van der Waals surface area contributed by atoms with Crippen molar-refractivity contribution in [1.29, 1.82) is 0 Å². The van der Waals surface area contributed by atoms with E-state index in [0.29, 0.717) is 0 Å². The number of aromatic nitrogens is 2. The van der Waals surface area contributed by atoms with Crippen LogP contribution in [0.15, 0.2) is 48.5 Å². The average molecular weight is 322 g/mol. The standard InChI is InChI=1S/C19H22N4O/c1-12(13(2)20)19(24)21-15-10-8-14(9-11-15)18-22-16-6-4-5-7-17(16)23(18)3/h4-13H,20H2,1-3H3,(H,21,24). The zero-order valence-corrected chi connectivity index (χ0v) is 14.2. The second kappa shape index (κ2) is 6.45. The summed E-state index contributed by atoms with van der Waals surface area (Å²) >= 11 is 0. The summed E-state index contributed by atoms with van der Waals surface area (Å²) in [5, 5.41) is 2.90. The molecular formula is C19H22N4O. The number of hydrogen-bond donors (Lipinski definition) is 2. The first-order valence-corrected chi connectivity index (χ1v) is 8.05. The summed E-state index contributed by atoms with van der Waals surface area (Å²) in [7, 11) is 2.00. The van der Waals surface area contributed by atoms with Gasteiger partial charge in [-0.15, -0.1) is 0 Å². The van der Waals surface area contributed by atoms with Crippen LogP contribution in [0.4, 0.5) is 5.69 Å². The van der Waals surface area contributed by atoms with Crippen molar-refractivity contribution >= 4 is 22.6 Å². The first-order chi connectivity index (χ1) is 11.5. The van der Waals surface area contributed by atoms with E-state index < -0.39 is 0 Å². The van der Waals surface area contributed by atoms with E-state index in [-0.39, 0.29) is 17.9 Å². The maximum Gasteiger partial charge on any atom is 0.228 e. The third kappa shape index (κ3) is 3.03. The van der Waals surface area contributed by atoms with Gasteiger partial charge in [0.05, 0.1) is 17.0 Å². The summed E-state index contributed by atoms with van der Waals surface area (Å²) in [6.45, 7) is 3.66. The van der Waals surface area contributed by atoms with Crippen molar-refractivity contribution in [3.05, 3.63) is 48.5 Å². The monoisotopic (exact) mass is 322 g/mol. The molecule has 0 saturated carbocycles. The molecule has 1 aromatic heterocycles. The second-order valence-corrected chi connectivity index (χ2v) is 6.20. The number of nitrogens with zero attached hydrogens (tertiary/aromatic N) is 2. The lowest BCUT2D eigenvalue weighted by atomic mass is 10.0. The molecule has 0 saturated heterocycles. The van der Waals surface area contributed by atoms with Crippen LogP contribution in [-0.2, 0) is 11.8 Å². The molecule has 0 bridgehead atoms. The molecule has 3 rings (SSSR count). The van der Waals surface area contributed by atoms with Crippen molar-refractivity contribution in [1.82, 2.24) is 9.55 Å². The Bertz CT molecular complexity index is 865. The number of carbonyl (C=O) groups excluding carboxylic acids is 1. The van der Waals surface area contributed by atoms with Crippen molar-refractivity contribution in [3.8, 4) is 11.4 Å². The molecule has 124 valence electrons. The number of carbonyl (C=O) groups is 1. The zero-order valence-electron chi connectivity index (χ0n) is 14.2. The van der Waals surface area contributed by atoms with Gasteiger partial charge in [-0.25, -0.2) is 4.98 Å². The van der Waals surface area contributed by atoms with E-state index in [1.807, 2.05) is 63.4 Å². The Kier molecular flexibility index (Phi) is 4.36. The van der Waals surface area contributed by atoms with E-state index in [2.05, 4.69) is 20.9 Å². The van der Waals surface area contributed by atoms with E-state index in [1.54, 1.807) is 0 Å². The molecule has 0 spiro atoms. The Morgan fingerprint density at radius 1 is 1.12 bits per heavy atom.